The van der Waals surface area contributed by atoms with Crippen molar-refractivity contribution >= 4 is 0 Å². The quantitative estimate of drug-likeness (QED) is 0.237. The van der Waals surface area contributed by atoms with Crippen LogP contribution in [0.25, 0.3) is 22.3 Å². The van der Waals surface area contributed by atoms with E-state index in [1.54, 1.807) is 13.3 Å². The Kier molecular flexibility index (Phi) is 7.56. The number of nitrogens with zero attached hydrogens (tertiary/aromatic N) is 2. The van der Waals surface area contributed by atoms with Crippen LogP contribution < -0.4 is 4.74 Å². The number of ether oxygens (including phenoxy) is 2. The molecule has 0 saturated carbocycles. The molecule has 1 saturated heterocycles. The van der Waals surface area contributed by atoms with E-state index in [9.17, 15) is 13.2 Å². The fraction of sp³-hybridized carbons (Fsp3) is 0.265. The van der Waals surface area contributed by atoms with Gasteiger partial charge >= 0.3 is 6.18 Å². The number of rotatable bonds is 6. The normalized spacial score (nSPS) is 17.1. The van der Waals surface area contributed by atoms with E-state index in [1.165, 1.54) is 12.1 Å². The summed E-state index contributed by atoms with van der Waals surface area (Å²) >= 11 is 0. The lowest BCUT2D eigenvalue weighted by Gasteiger charge is -2.25. The Morgan fingerprint density at radius 3 is 2.37 bits per heavy atom. The van der Waals surface area contributed by atoms with Gasteiger partial charge in [0.05, 0.1) is 18.7 Å². The van der Waals surface area contributed by atoms with Crippen molar-refractivity contribution in [2.45, 2.75) is 52.6 Å². The molecule has 1 fully saturated rings. The van der Waals surface area contributed by atoms with Gasteiger partial charge in [-0.25, -0.2) is 0 Å². The molecule has 4 nitrogen and oxygen atoms in total. The van der Waals surface area contributed by atoms with Gasteiger partial charge in [0.1, 0.15) is 11.9 Å². The summed E-state index contributed by atoms with van der Waals surface area (Å²) in [4.78, 5) is 6.18. The molecule has 7 heteroatoms. The molecule has 0 amide bonds. The molecule has 0 radical (unpaired) electrons. The first-order valence-electron chi connectivity index (χ1n) is 13.5. The summed E-state index contributed by atoms with van der Waals surface area (Å²) in [5.41, 5.74) is 7.26. The summed E-state index contributed by atoms with van der Waals surface area (Å²) in [7, 11) is 1.57. The number of hydrogen-bond acceptors (Lipinski definition) is 4. The molecule has 5 rings (SSSR count). The van der Waals surface area contributed by atoms with E-state index >= 15 is 0 Å². The van der Waals surface area contributed by atoms with Gasteiger partial charge in [0, 0.05) is 24.0 Å². The highest BCUT2D eigenvalue weighted by Crippen LogP contribution is 2.42. The molecule has 3 aromatic carbocycles. The number of aryl methyl sites for hydroxylation is 3. The Labute approximate surface area is 239 Å². The topological polar surface area (TPSA) is 34.6 Å². The summed E-state index contributed by atoms with van der Waals surface area (Å²) in [6.07, 6.45) is -3.08. The Bertz CT molecular complexity index is 1610. The molecule has 212 valence electrons. The van der Waals surface area contributed by atoms with E-state index < -0.39 is 11.7 Å². The van der Waals surface area contributed by atoms with Crippen LogP contribution in [-0.4, -0.2) is 23.0 Å². The average Bonchev–Trinajstić information content (AvgIpc) is 3.20. The third-order valence-electron chi connectivity index (χ3n) is 7.72. The standard InChI is InChI=1S/C34H33F3N2O2/c1-20-7-10-29(21(2)15-20)25-8-12-32(40-6)31(18-25)30-11-9-28(34(35,36)37)17-27(30)19-39-23(4)33(41-24(39)5)26-13-14-38-22(3)16-26/h7-18,23,33H,5,19H2,1-4,6H3. The van der Waals surface area contributed by atoms with Gasteiger partial charge < -0.3 is 14.4 Å². The summed E-state index contributed by atoms with van der Waals surface area (Å²) < 4.78 is 53.6. The van der Waals surface area contributed by atoms with E-state index in [2.05, 4.69) is 36.7 Å². The van der Waals surface area contributed by atoms with Gasteiger partial charge in [-0.2, -0.15) is 13.2 Å². The van der Waals surface area contributed by atoms with Gasteiger partial charge in [-0.3, -0.25) is 4.98 Å². The molecule has 2 unspecified atom stereocenters. The average molecular weight is 559 g/mol. The fourth-order valence-corrected chi connectivity index (χ4v) is 5.60. The van der Waals surface area contributed by atoms with Crippen molar-refractivity contribution in [2.24, 2.45) is 0 Å². The number of pyridine rings is 1. The maximum absolute atomic E-state index is 13.9. The monoisotopic (exact) mass is 558 g/mol. The van der Waals surface area contributed by atoms with Gasteiger partial charge in [-0.05, 0) is 104 Å². The van der Waals surface area contributed by atoms with Crippen LogP contribution in [0.1, 0.15) is 46.5 Å². The van der Waals surface area contributed by atoms with E-state index in [0.29, 0.717) is 28.3 Å². The van der Waals surface area contributed by atoms with Crippen molar-refractivity contribution in [3.05, 3.63) is 119 Å². The van der Waals surface area contributed by atoms with Crippen molar-refractivity contribution in [1.82, 2.24) is 9.88 Å². The van der Waals surface area contributed by atoms with Crippen molar-refractivity contribution in [1.29, 1.82) is 0 Å². The summed E-state index contributed by atoms with van der Waals surface area (Å²) in [5, 5.41) is 0. The largest absolute Gasteiger partial charge is 0.496 e. The molecule has 4 aromatic rings. The smallest absolute Gasteiger partial charge is 0.416 e. The van der Waals surface area contributed by atoms with Crippen LogP contribution in [0.5, 0.6) is 5.75 Å². The molecule has 0 N–H and O–H groups in total. The van der Waals surface area contributed by atoms with Crippen LogP contribution in [0.2, 0.25) is 0 Å². The van der Waals surface area contributed by atoms with Gasteiger partial charge in [0.2, 0.25) is 0 Å². The minimum Gasteiger partial charge on any atom is -0.496 e. The van der Waals surface area contributed by atoms with Crippen LogP contribution in [0.15, 0.2) is 85.4 Å². The zero-order valence-corrected chi connectivity index (χ0v) is 23.8. The number of benzene rings is 3. The van der Waals surface area contributed by atoms with Crippen molar-refractivity contribution in [3.63, 3.8) is 0 Å². The highest BCUT2D eigenvalue weighted by molar-refractivity contribution is 5.80. The fourth-order valence-electron chi connectivity index (χ4n) is 5.60. The second-order valence-corrected chi connectivity index (χ2v) is 10.6. The molecule has 1 aliphatic rings. The highest BCUT2D eigenvalue weighted by atomic mass is 19.4. The van der Waals surface area contributed by atoms with Crippen LogP contribution in [-0.2, 0) is 17.5 Å². The lowest BCUT2D eigenvalue weighted by molar-refractivity contribution is -0.137. The maximum atomic E-state index is 13.9. The number of alkyl halides is 3. The second-order valence-electron chi connectivity index (χ2n) is 10.6. The SMILES string of the molecule is C=C1OC(c2ccnc(C)c2)C(C)N1Cc1cc(C(F)(F)F)ccc1-c1cc(-c2ccc(C)cc2C)ccc1OC. The van der Waals surface area contributed by atoms with Gasteiger partial charge in [-0.15, -0.1) is 0 Å². The maximum Gasteiger partial charge on any atom is 0.416 e. The lowest BCUT2D eigenvalue weighted by Crippen LogP contribution is -2.28. The molecule has 2 heterocycles. The van der Waals surface area contributed by atoms with Gasteiger partial charge in [0.15, 0.2) is 5.88 Å². The molecule has 1 aromatic heterocycles. The van der Waals surface area contributed by atoms with Gasteiger partial charge in [-0.1, -0.05) is 35.9 Å². The molecule has 0 bridgehead atoms. The number of halogens is 3. The van der Waals surface area contributed by atoms with Crippen molar-refractivity contribution in [3.8, 4) is 28.0 Å². The predicted molar refractivity (Wildman–Crippen MR) is 155 cm³/mol. The minimum atomic E-state index is -4.49. The van der Waals surface area contributed by atoms with Crippen LogP contribution in [0, 0.1) is 20.8 Å². The molecule has 0 spiro atoms. The molecule has 0 aliphatic carbocycles. The van der Waals surface area contributed by atoms with Crippen molar-refractivity contribution < 1.29 is 22.6 Å². The van der Waals surface area contributed by atoms with Crippen LogP contribution >= 0.6 is 0 Å². The molecule has 1 aliphatic heterocycles. The molecular formula is C34H33F3N2O2. The predicted octanol–water partition coefficient (Wildman–Crippen LogP) is 8.80. The van der Waals surface area contributed by atoms with E-state index in [1.807, 2.05) is 56.0 Å². The number of aromatic nitrogens is 1. The zero-order valence-electron chi connectivity index (χ0n) is 23.8. The Morgan fingerprint density at radius 2 is 1.68 bits per heavy atom. The molecule has 2 atom stereocenters. The first-order valence-corrected chi connectivity index (χ1v) is 13.5. The van der Waals surface area contributed by atoms with Crippen LogP contribution in [0.4, 0.5) is 13.2 Å². The number of methoxy groups -OCH3 is 1. The molecular weight excluding hydrogens is 525 g/mol. The van der Waals surface area contributed by atoms with E-state index in [4.69, 9.17) is 9.47 Å². The summed E-state index contributed by atoms with van der Waals surface area (Å²) in [6.45, 7) is 12.3. The third-order valence-corrected chi connectivity index (χ3v) is 7.72. The Balaban J connectivity index is 1.60. The van der Waals surface area contributed by atoms with E-state index in [-0.39, 0.29) is 18.7 Å². The van der Waals surface area contributed by atoms with Crippen LogP contribution in [0.3, 0.4) is 0 Å². The zero-order chi connectivity index (χ0) is 29.5. The first kappa shape index (κ1) is 28.3. The van der Waals surface area contributed by atoms with Gasteiger partial charge in [0.25, 0.3) is 0 Å². The van der Waals surface area contributed by atoms with Crippen molar-refractivity contribution in [2.75, 3.05) is 7.11 Å². The first-order chi connectivity index (χ1) is 19.5. The minimum absolute atomic E-state index is 0.171. The summed E-state index contributed by atoms with van der Waals surface area (Å²) in [5.74, 6) is 0.991. The second kappa shape index (κ2) is 11.0. The Morgan fingerprint density at radius 1 is 0.927 bits per heavy atom. The Hall–Kier alpha value is -4.26. The van der Waals surface area contributed by atoms with E-state index in [0.717, 1.165) is 39.6 Å². The highest BCUT2D eigenvalue weighted by Gasteiger charge is 2.37. The summed E-state index contributed by atoms with van der Waals surface area (Å²) in [6, 6.07) is 19.6. The number of hydrogen-bond donors (Lipinski definition) is 0. The molecule has 41 heavy (non-hydrogen) atoms. The lowest BCUT2D eigenvalue weighted by atomic mass is 9.91. The third kappa shape index (κ3) is 5.67.